The van der Waals surface area contributed by atoms with Crippen LogP contribution in [0.3, 0.4) is 0 Å². The van der Waals surface area contributed by atoms with E-state index in [1.165, 1.54) is 47.3 Å². The molecule has 2 aromatic carbocycles. The van der Waals surface area contributed by atoms with Gasteiger partial charge in [0.1, 0.15) is 0 Å². The number of para-hydroxylation sites is 1. The van der Waals surface area contributed by atoms with Gasteiger partial charge in [0.15, 0.2) is 6.29 Å². The lowest BCUT2D eigenvalue weighted by atomic mass is 10.2. The van der Waals surface area contributed by atoms with Gasteiger partial charge in [-0.2, -0.15) is 0 Å². The molecule has 0 saturated carbocycles. The van der Waals surface area contributed by atoms with E-state index in [4.69, 9.17) is 46.4 Å². The highest BCUT2D eigenvalue weighted by Gasteiger charge is 2.23. The number of halogens is 4. The van der Waals surface area contributed by atoms with Gasteiger partial charge in [-0.05, 0) is 50.3 Å². The number of rotatable bonds is 4. The molecular weight excluding hydrogens is 496 g/mol. The van der Waals surface area contributed by atoms with E-state index in [9.17, 15) is 4.79 Å². The Balaban J connectivity index is 0.000000401. The van der Waals surface area contributed by atoms with Gasteiger partial charge < -0.3 is 14.7 Å². The van der Waals surface area contributed by atoms with E-state index in [0.717, 1.165) is 24.5 Å². The number of nitrogens with zero attached hydrogens (tertiary/aromatic N) is 3. The van der Waals surface area contributed by atoms with Crippen molar-refractivity contribution in [1.29, 1.82) is 0 Å². The van der Waals surface area contributed by atoms with Crippen LogP contribution in [-0.2, 0) is 4.79 Å². The van der Waals surface area contributed by atoms with E-state index in [-0.39, 0.29) is 6.29 Å². The van der Waals surface area contributed by atoms with Crippen LogP contribution in [-0.4, -0.2) is 66.2 Å². The summed E-state index contributed by atoms with van der Waals surface area (Å²) >= 11 is 22.8. The van der Waals surface area contributed by atoms with Crippen LogP contribution >= 0.6 is 58.2 Å². The van der Waals surface area contributed by atoms with Crippen molar-refractivity contribution in [3.8, 4) is 0 Å². The number of likely N-dealkylation sites (N-methyl/N-ethyl adjacent to an activating group) is 1. The normalized spacial score (nSPS) is 16.7. The highest BCUT2D eigenvalue weighted by Crippen LogP contribution is 2.48. The molecule has 0 amide bonds. The van der Waals surface area contributed by atoms with Gasteiger partial charge in [-0.25, -0.2) is 0 Å². The van der Waals surface area contributed by atoms with Gasteiger partial charge in [-0.15, -0.1) is 0 Å². The third-order valence-electron chi connectivity index (χ3n) is 5.17. The minimum absolute atomic E-state index is 0.234. The topological polar surface area (TPSA) is 26.8 Å². The fourth-order valence-electron chi connectivity index (χ4n) is 3.57. The van der Waals surface area contributed by atoms with Gasteiger partial charge in [0.2, 0.25) is 3.79 Å². The fourth-order valence-corrected chi connectivity index (χ4v) is 4.81. The molecule has 0 radical (unpaired) electrons. The molecule has 0 aliphatic carbocycles. The number of carbonyl (C=O) groups is 1. The van der Waals surface area contributed by atoms with Crippen molar-refractivity contribution in [1.82, 2.24) is 9.80 Å². The summed E-state index contributed by atoms with van der Waals surface area (Å²) in [6.45, 7) is 6.92. The number of hydrogen-bond donors (Lipinski definition) is 0. The summed E-state index contributed by atoms with van der Waals surface area (Å²) in [5.74, 6) is 0. The van der Waals surface area contributed by atoms with E-state index in [1.807, 2.05) is 17.8 Å². The Morgan fingerprint density at radius 3 is 2.29 bits per heavy atom. The van der Waals surface area contributed by atoms with Gasteiger partial charge in [0.25, 0.3) is 0 Å². The first kappa shape index (κ1) is 25.0. The van der Waals surface area contributed by atoms with E-state index in [2.05, 4.69) is 58.1 Å². The van der Waals surface area contributed by atoms with Crippen LogP contribution in [0.5, 0.6) is 0 Å². The molecule has 0 atom stereocenters. The molecule has 0 unspecified atom stereocenters. The summed E-state index contributed by atoms with van der Waals surface area (Å²) in [6, 6.07) is 14.9. The number of benzene rings is 2. The van der Waals surface area contributed by atoms with Gasteiger partial charge in [-0.1, -0.05) is 70.3 Å². The largest absolute Gasteiger partial charge is 0.340 e. The number of fused-ring (bicyclic) bond motifs is 2. The van der Waals surface area contributed by atoms with Crippen LogP contribution < -0.4 is 4.90 Å². The van der Waals surface area contributed by atoms with Crippen LogP contribution in [0.4, 0.5) is 11.4 Å². The number of aldehydes is 1. The van der Waals surface area contributed by atoms with Crippen LogP contribution in [0.25, 0.3) is 0 Å². The number of piperazine rings is 1. The maximum Gasteiger partial charge on any atom is 0.245 e. The monoisotopic (exact) mass is 519 g/mol. The molecule has 2 aliphatic rings. The summed E-state index contributed by atoms with van der Waals surface area (Å²) in [4.78, 5) is 19.5. The number of anilines is 2. The molecule has 168 valence electrons. The second kappa shape index (κ2) is 11.5. The van der Waals surface area contributed by atoms with Crippen molar-refractivity contribution in [2.45, 2.75) is 20.0 Å². The van der Waals surface area contributed by atoms with Crippen molar-refractivity contribution in [2.75, 3.05) is 51.2 Å². The Morgan fingerprint density at radius 1 is 0.968 bits per heavy atom. The molecule has 4 rings (SSSR count). The molecule has 1 fully saturated rings. The summed E-state index contributed by atoms with van der Waals surface area (Å²) in [5.41, 5.74) is 2.55. The summed E-state index contributed by atoms with van der Waals surface area (Å²) in [6.07, 6.45) is 1.40. The summed E-state index contributed by atoms with van der Waals surface area (Å²) in [5, 5.41) is 0.808. The Morgan fingerprint density at radius 2 is 1.61 bits per heavy atom. The maximum atomic E-state index is 9.43. The number of alkyl halides is 3. The molecule has 0 N–H and O–H groups in total. The smallest absolute Gasteiger partial charge is 0.245 e. The molecular formula is C22H25Cl4N3OS. The van der Waals surface area contributed by atoms with Gasteiger partial charge in [0, 0.05) is 47.5 Å². The lowest BCUT2D eigenvalue weighted by molar-refractivity contribution is -0.107. The van der Waals surface area contributed by atoms with Crippen LogP contribution in [0.2, 0.25) is 5.02 Å². The third-order valence-corrected chi connectivity index (χ3v) is 6.81. The Labute approximate surface area is 208 Å². The van der Waals surface area contributed by atoms with E-state index in [0.29, 0.717) is 0 Å². The van der Waals surface area contributed by atoms with Crippen LogP contribution in [0.15, 0.2) is 52.3 Å². The lowest BCUT2D eigenvalue weighted by Gasteiger charge is -2.35. The molecule has 0 spiro atoms. The van der Waals surface area contributed by atoms with Crippen molar-refractivity contribution in [2.24, 2.45) is 0 Å². The molecule has 0 aromatic heterocycles. The first-order chi connectivity index (χ1) is 14.8. The average Bonchev–Trinajstić information content (AvgIpc) is 2.75. The zero-order valence-corrected chi connectivity index (χ0v) is 21.1. The first-order valence-electron chi connectivity index (χ1n) is 10.0. The van der Waals surface area contributed by atoms with Crippen molar-refractivity contribution in [3.63, 3.8) is 0 Å². The summed E-state index contributed by atoms with van der Waals surface area (Å²) < 4.78 is -1.72. The molecule has 1 saturated heterocycles. The minimum Gasteiger partial charge on any atom is -0.340 e. The molecule has 2 heterocycles. The van der Waals surface area contributed by atoms with Crippen LogP contribution in [0.1, 0.15) is 6.42 Å². The molecule has 9 heteroatoms. The van der Waals surface area contributed by atoms with Crippen LogP contribution in [0, 0.1) is 0 Å². The molecule has 2 aliphatic heterocycles. The number of hydrogen-bond acceptors (Lipinski definition) is 5. The highest BCUT2D eigenvalue weighted by atomic mass is 35.6. The van der Waals surface area contributed by atoms with Gasteiger partial charge in [0.05, 0.1) is 11.4 Å². The van der Waals surface area contributed by atoms with Crippen molar-refractivity contribution >= 4 is 75.8 Å². The van der Waals surface area contributed by atoms with E-state index >= 15 is 0 Å². The molecule has 0 bridgehead atoms. The predicted molar refractivity (Wildman–Crippen MR) is 134 cm³/mol. The standard InChI is InChI=1S/C20H24ClN3S.C2HCl3O/c1-22-11-13-23(14-12-22)9-4-10-24-17-5-2-3-6-19(17)25-20-8-7-16(21)15-18(20)24;3-2(4,5)1-6/h2-3,5-8,15H,4,9-14H2,1H3;1H. The maximum absolute atomic E-state index is 9.43. The molecule has 31 heavy (non-hydrogen) atoms. The second-order valence-electron chi connectivity index (χ2n) is 7.49. The zero-order valence-electron chi connectivity index (χ0n) is 17.2. The zero-order chi connectivity index (χ0) is 22.4. The third kappa shape index (κ3) is 7.43. The van der Waals surface area contributed by atoms with Gasteiger partial charge >= 0.3 is 0 Å². The molecule has 2 aromatic rings. The second-order valence-corrected chi connectivity index (χ2v) is 11.4. The highest BCUT2D eigenvalue weighted by molar-refractivity contribution is 7.99. The van der Waals surface area contributed by atoms with E-state index in [1.54, 1.807) is 0 Å². The minimum atomic E-state index is -1.72. The Bertz CT molecular complexity index is 885. The SMILES string of the molecule is CN1CCN(CCCN2c3ccccc3Sc3ccc(Cl)cc32)CC1.O=CC(Cl)(Cl)Cl. The summed E-state index contributed by atoms with van der Waals surface area (Å²) in [7, 11) is 2.21. The van der Waals surface area contributed by atoms with Crippen molar-refractivity contribution in [3.05, 3.63) is 47.5 Å². The van der Waals surface area contributed by atoms with Crippen molar-refractivity contribution < 1.29 is 4.79 Å². The Hall–Kier alpha value is -0.660. The van der Waals surface area contributed by atoms with E-state index < -0.39 is 3.79 Å². The molecule has 4 nitrogen and oxygen atoms in total. The fraction of sp³-hybridized carbons (Fsp3) is 0.409. The average molecular weight is 521 g/mol. The lowest BCUT2D eigenvalue weighted by Crippen LogP contribution is -2.45. The first-order valence-corrected chi connectivity index (χ1v) is 12.4. The number of carbonyl (C=O) groups excluding carboxylic acids is 1. The Kier molecular flexibility index (Phi) is 9.23. The van der Waals surface area contributed by atoms with Gasteiger partial charge in [-0.3, -0.25) is 4.79 Å². The predicted octanol–water partition coefficient (Wildman–Crippen LogP) is 6.14. The quantitative estimate of drug-likeness (QED) is 0.356.